The third kappa shape index (κ3) is 2.43. The summed E-state index contributed by atoms with van der Waals surface area (Å²) < 4.78 is 5.06. The number of rotatable bonds is 4. The Kier molecular flexibility index (Phi) is 3.47. The van der Waals surface area contributed by atoms with Crippen LogP contribution in [0.2, 0.25) is 0 Å². The van der Waals surface area contributed by atoms with Gasteiger partial charge in [-0.05, 0) is 30.7 Å². The Morgan fingerprint density at radius 2 is 2.33 bits per heavy atom. The largest absolute Gasteiger partial charge is 0.472 e. The van der Waals surface area contributed by atoms with Crippen LogP contribution in [-0.4, -0.2) is 6.04 Å². The van der Waals surface area contributed by atoms with E-state index in [1.807, 2.05) is 12.3 Å². The fourth-order valence-electron chi connectivity index (χ4n) is 2.75. The van der Waals surface area contributed by atoms with Gasteiger partial charge in [-0.15, -0.1) is 0 Å². The van der Waals surface area contributed by atoms with E-state index in [0.717, 1.165) is 18.4 Å². The average molecular weight is 207 g/mol. The second kappa shape index (κ2) is 4.84. The highest BCUT2D eigenvalue weighted by atomic mass is 16.3. The van der Waals surface area contributed by atoms with Crippen LogP contribution in [0, 0.1) is 11.8 Å². The van der Waals surface area contributed by atoms with Gasteiger partial charge in [0.1, 0.15) is 0 Å². The fourth-order valence-corrected chi connectivity index (χ4v) is 2.75. The van der Waals surface area contributed by atoms with Crippen LogP contribution < -0.4 is 5.32 Å². The molecule has 0 bridgehead atoms. The van der Waals surface area contributed by atoms with Crippen LogP contribution in [-0.2, 0) is 6.54 Å². The summed E-state index contributed by atoms with van der Waals surface area (Å²) >= 11 is 0. The number of nitrogens with one attached hydrogen (secondary N) is 1. The van der Waals surface area contributed by atoms with Gasteiger partial charge in [0.15, 0.2) is 0 Å². The van der Waals surface area contributed by atoms with E-state index < -0.39 is 0 Å². The van der Waals surface area contributed by atoms with Crippen LogP contribution in [0.4, 0.5) is 0 Å². The predicted molar refractivity (Wildman–Crippen MR) is 61.5 cm³/mol. The van der Waals surface area contributed by atoms with Crippen molar-refractivity contribution in [1.82, 2.24) is 5.32 Å². The molecular formula is C13H21NO. The summed E-state index contributed by atoms with van der Waals surface area (Å²) in [6.45, 7) is 5.63. The van der Waals surface area contributed by atoms with E-state index in [4.69, 9.17) is 4.42 Å². The first-order chi connectivity index (χ1) is 7.31. The Morgan fingerprint density at radius 1 is 1.47 bits per heavy atom. The number of hydrogen-bond donors (Lipinski definition) is 1. The van der Waals surface area contributed by atoms with Gasteiger partial charge in [-0.25, -0.2) is 0 Å². The molecule has 0 spiro atoms. The van der Waals surface area contributed by atoms with Crippen molar-refractivity contribution in [2.45, 2.75) is 45.7 Å². The molecule has 1 aliphatic rings. The summed E-state index contributed by atoms with van der Waals surface area (Å²) in [4.78, 5) is 0. The van der Waals surface area contributed by atoms with Gasteiger partial charge in [0.25, 0.3) is 0 Å². The lowest BCUT2D eigenvalue weighted by Crippen LogP contribution is -2.32. The summed E-state index contributed by atoms with van der Waals surface area (Å²) in [7, 11) is 0. The van der Waals surface area contributed by atoms with E-state index in [1.54, 1.807) is 6.26 Å². The molecule has 0 radical (unpaired) electrons. The van der Waals surface area contributed by atoms with Crippen LogP contribution in [0.15, 0.2) is 23.0 Å². The maximum Gasteiger partial charge on any atom is 0.0947 e. The molecule has 3 atom stereocenters. The quantitative estimate of drug-likeness (QED) is 0.820. The molecule has 1 saturated carbocycles. The molecule has 1 fully saturated rings. The molecule has 3 unspecified atom stereocenters. The molecule has 1 heterocycles. The summed E-state index contributed by atoms with van der Waals surface area (Å²) in [6.07, 6.45) is 7.61. The predicted octanol–water partition coefficient (Wildman–Crippen LogP) is 3.19. The monoisotopic (exact) mass is 207 g/mol. The standard InChI is InChI=1S/C13H21NO/c1-3-12-4-5-13(10(12)2)14-8-11-6-7-15-9-11/h6-7,9-10,12-14H,3-5,8H2,1-2H3. The third-order valence-corrected chi connectivity index (χ3v) is 3.90. The SMILES string of the molecule is CCC1CCC(NCc2ccoc2)C1C. The smallest absolute Gasteiger partial charge is 0.0947 e. The zero-order chi connectivity index (χ0) is 10.7. The van der Waals surface area contributed by atoms with Crippen molar-refractivity contribution in [1.29, 1.82) is 0 Å². The first kappa shape index (κ1) is 10.7. The second-order valence-corrected chi connectivity index (χ2v) is 4.72. The van der Waals surface area contributed by atoms with Crippen molar-refractivity contribution in [3.63, 3.8) is 0 Å². The molecule has 1 aromatic rings. The van der Waals surface area contributed by atoms with E-state index in [9.17, 15) is 0 Å². The molecule has 84 valence electrons. The lowest BCUT2D eigenvalue weighted by Gasteiger charge is -2.20. The van der Waals surface area contributed by atoms with Crippen LogP contribution in [0.25, 0.3) is 0 Å². The average Bonchev–Trinajstić information content (AvgIpc) is 2.85. The molecule has 0 aliphatic heterocycles. The van der Waals surface area contributed by atoms with Gasteiger partial charge in [-0.2, -0.15) is 0 Å². The molecule has 15 heavy (non-hydrogen) atoms. The summed E-state index contributed by atoms with van der Waals surface area (Å²) in [6, 6.07) is 2.73. The lowest BCUT2D eigenvalue weighted by atomic mass is 9.93. The number of hydrogen-bond acceptors (Lipinski definition) is 2. The van der Waals surface area contributed by atoms with Crippen LogP contribution in [0.5, 0.6) is 0 Å². The third-order valence-electron chi connectivity index (χ3n) is 3.90. The van der Waals surface area contributed by atoms with E-state index in [1.165, 1.54) is 24.8 Å². The van der Waals surface area contributed by atoms with E-state index in [0.29, 0.717) is 6.04 Å². The van der Waals surface area contributed by atoms with E-state index >= 15 is 0 Å². The Hall–Kier alpha value is -0.760. The topological polar surface area (TPSA) is 25.2 Å². The maximum absolute atomic E-state index is 5.06. The first-order valence-electron chi connectivity index (χ1n) is 6.05. The summed E-state index contributed by atoms with van der Waals surface area (Å²) in [5.74, 6) is 1.74. The van der Waals surface area contributed by atoms with Crippen molar-refractivity contribution in [3.8, 4) is 0 Å². The zero-order valence-electron chi connectivity index (χ0n) is 9.70. The molecular weight excluding hydrogens is 186 g/mol. The minimum atomic E-state index is 0.699. The first-order valence-corrected chi connectivity index (χ1v) is 6.05. The highest BCUT2D eigenvalue weighted by Crippen LogP contribution is 2.33. The normalized spacial score (nSPS) is 30.9. The zero-order valence-corrected chi connectivity index (χ0v) is 9.70. The maximum atomic E-state index is 5.06. The lowest BCUT2D eigenvalue weighted by molar-refractivity contribution is 0.344. The van der Waals surface area contributed by atoms with Gasteiger partial charge in [-0.1, -0.05) is 20.3 Å². The van der Waals surface area contributed by atoms with Gasteiger partial charge in [-0.3, -0.25) is 0 Å². The van der Waals surface area contributed by atoms with Crippen LogP contribution >= 0.6 is 0 Å². The van der Waals surface area contributed by atoms with E-state index in [-0.39, 0.29) is 0 Å². The molecule has 0 aromatic carbocycles. The highest BCUT2D eigenvalue weighted by molar-refractivity contribution is 5.05. The Morgan fingerprint density at radius 3 is 2.93 bits per heavy atom. The van der Waals surface area contributed by atoms with Crippen molar-refractivity contribution in [2.75, 3.05) is 0 Å². The molecule has 2 nitrogen and oxygen atoms in total. The number of furan rings is 1. The second-order valence-electron chi connectivity index (χ2n) is 4.72. The van der Waals surface area contributed by atoms with Gasteiger partial charge < -0.3 is 9.73 Å². The van der Waals surface area contributed by atoms with E-state index in [2.05, 4.69) is 19.2 Å². The Labute approximate surface area is 92.1 Å². The minimum Gasteiger partial charge on any atom is -0.472 e. The Bertz CT molecular complexity index is 281. The van der Waals surface area contributed by atoms with Crippen molar-refractivity contribution in [3.05, 3.63) is 24.2 Å². The molecule has 1 N–H and O–H groups in total. The molecule has 1 aromatic heterocycles. The minimum absolute atomic E-state index is 0.699. The summed E-state index contributed by atoms with van der Waals surface area (Å²) in [5, 5.41) is 3.64. The van der Waals surface area contributed by atoms with Gasteiger partial charge in [0.2, 0.25) is 0 Å². The molecule has 0 amide bonds. The van der Waals surface area contributed by atoms with Crippen molar-refractivity contribution >= 4 is 0 Å². The van der Waals surface area contributed by atoms with Gasteiger partial charge in [0, 0.05) is 18.2 Å². The molecule has 2 rings (SSSR count). The molecule has 1 aliphatic carbocycles. The van der Waals surface area contributed by atoms with Crippen LogP contribution in [0.3, 0.4) is 0 Å². The molecule has 0 saturated heterocycles. The Balaban J connectivity index is 1.81. The molecule has 2 heteroatoms. The van der Waals surface area contributed by atoms with Crippen molar-refractivity contribution in [2.24, 2.45) is 11.8 Å². The van der Waals surface area contributed by atoms with Gasteiger partial charge >= 0.3 is 0 Å². The fraction of sp³-hybridized carbons (Fsp3) is 0.692. The van der Waals surface area contributed by atoms with Crippen LogP contribution in [0.1, 0.15) is 38.7 Å². The summed E-state index contributed by atoms with van der Waals surface area (Å²) in [5.41, 5.74) is 1.25. The highest BCUT2D eigenvalue weighted by Gasteiger charge is 2.30. The van der Waals surface area contributed by atoms with Crippen molar-refractivity contribution < 1.29 is 4.42 Å². The van der Waals surface area contributed by atoms with Gasteiger partial charge in [0.05, 0.1) is 12.5 Å².